The molecular weight excluding hydrogens is 925 g/mol. The van der Waals surface area contributed by atoms with Gasteiger partial charge in [-0.15, -0.1) is 0 Å². The third-order valence-corrected chi connectivity index (χ3v) is 16.9. The third kappa shape index (κ3) is 10.6. The number of nitrogens with zero attached hydrogens (tertiary/aromatic N) is 4. The molecule has 0 radical (unpaired) electrons. The number of halogens is 2. The molecule has 4 aromatic rings. The van der Waals surface area contributed by atoms with E-state index in [2.05, 4.69) is 25.8 Å². The monoisotopic (exact) mass is 989 g/mol. The number of likely N-dealkylation sites (tertiary alicyclic amines) is 2. The van der Waals surface area contributed by atoms with Gasteiger partial charge < -0.3 is 30.3 Å². The summed E-state index contributed by atoms with van der Waals surface area (Å²) in [6, 6.07) is 16.8. The van der Waals surface area contributed by atoms with Crippen molar-refractivity contribution in [2.24, 2.45) is 23.7 Å². The van der Waals surface area contributed by atoms with Crippen LogP contribution in [0.3, 0.4) is 0 Å². The lowest BCUT2D eigenvalue weighted by Gasteiger charge is -2.39. The van der Waals surface area contributed by atoms with E-state index in [-0.39, 0.29) is 66.3 Å². The Kier molecular flexibility index (Phi) is 14.6. The molecular formula is C55H65ClFN7O7. The van der Waals surface area contributed by atoms with Crippen molar-refractivity contribution in [1.82, 2.24) is 25.0 Å². The second kappa shape index (κ2) is 21.2. The number of anilines is 2. The van der Waals surface area contributed by atoms with Gasteiger partial charge in [-0.3, -0.25) is 39.2 Å². The molecule has 3 aromatic carbocycles. The maximum absolute atomic E-state index is 14.1. The zero-order valence-corrected chi connectivity index (χ0v) is 41.2. The molecule has 1 aromatic heterocycles. The van der Waals surface area contributed by atoms with Crippen molar-refractivity contribution in [3.8, 4) is 5.75 Å². The van der Waals surface area contributed by atoms with Gasteiger partial charge in [0.1, 0.15) is 23.7 Å². The average molecular weight is 991 g/mol. The molecule has 3 atom stereocenters. The Bertz CT molecular complexity index is 2660. The standard InChI is InChI=1S/C55H65ClFN7O7/c1-32(34-7-9-35(10-8-34)41-19-24-58-45-16-11-37(57)29-43(41)45)51(66)60-39-14-15-44(56)48(30-39)71-40-22-27-63(28-23-40)53(68)36-20-25-62(26-21-36)31-33-5-12-38(13-6-33)59-46-4-2-3-42-50(46)55(70)64(54(42)69)47-17-18-49(65)61-52(47)67/h2-4,11,14-16,19,24,29-30,32-36,38,40,47,54,59,69H,5-10,12-13,17-18,20-23,25-28,31H2,1H3,(H,60,66)(H,61,65,67)/t32-,33?,34?,35?,38?,47?,54?/m1/s1. The summed E-state index contributed by atoms with van der Waals surface area (Å²) < 4.78 is 20.6. The van der Waals surface area contributed by atoms with Crippen LogP contribution in [-0.4, -0.2) is 105 Å². The zero-order chi connectivity index (χ0) is 49.3. The second-order valence-corrected chi connectivity index (χ2v) is 21.4. The molecule has 5 fully saturated rings. The van der Waals surface area contributed by atoms with Crippen LogP contribution in [0.25, 0.3) is 10.9 Å². The van der Waals surface area contributed by atoms with E-state index in [0.717, 1.165) is 100 Å². The summed E-state index contributed by atoms with van der Waals surface area (Å²) in [4.78, 5) is 75.4. The van der Waals surface area contributed by atoms with Crippen LogP contribution < -0.4 is 20.7 Å². The lowest BCUT2D eigenvalue weighted by atomic mass is 9.73. The Morgan fingerprint density at radius 2 is 1.63 bits per heavy atom. The fourth-order valence-corrected chi connectivity index (χ4v) is 12.6. The van der Waals surface area contributed by atoms with E-state index >= 15 is 0 Å². The van der Waals surface area contributed by atoms with Crippen molar-refractivity contribution < 1.29 is 38.2 Å². The van der Waals surface area contributed by atoms with Crippen LogP contribution in [0.2, 0.25) is 5.02 Å². The number of aliphatic hydroxyl groups excluding tert-OH is 1. The number of hydrogen-bond acceptors (Lipinski definition) is 10. The van der Waals surface area contributed by atoms with Gasteiger partial charge in [0.2, 0.25) is 23.6 Å². The van der Waals surface area contributed by atoms with Gasteiger partial charge in [-0.25, -0.2) is 4.39 Å². The summed E-state index contributed by atoms with van der Waals surface area (Å²) in [6.07, 6.45) is 11.5. The van der Waals surface area contributed by atoms with E-state index in [1.165, 1.54) is 11.0 Å². The molecule has 376 valence electrons. The van der Waals surface area contributed by atoms with Gasteiger partial charge in [0.05, 0.1) is 16.1 Å². The number of imide groups is 1. The Morgan fingerprint density at radius 3 is 2.38 bits per heavy atom. The molecule has 10 rings (SSSR count). The first-order valence-corrected chi connectivity index (χ1v) is 26.3. The van der Waals surface area contributed by atoms with E-state index < -0.39 is 24.1 Å². The number of aromatic nitrogens is 1. The van der Waals surface area contributed by atoms with E-state index in [0.29, 0.717) is 71.0 Å². The zero-order valence-electron chi connectivity index (χ0n) is 40.4. The van der Waals surface area contributed by atoms with E-state index in [4.69, 9.17) is 16.3 Å². The molecule has 0 spiro atoms. The van der Waals surface area contributed by atoms with Crippen LogP contribution in [0.4, 0.5) is 15.8 Å². The van der Waals surface area contributed by atoms with E-state index in [1.54, 1.807) is 42.6 Å². The highest BCUT2D eigenvalue weighted by Crippen LogP contribution is 2.43. The smallest absolute Gasteiger partial charge is 0.259 e. The number of ether oxygens (including phenoxy) is 1. The topological polar surface area (TPSA) is 174 Å². The van der Waals surface area contributed by atoms with Gasteiger partial charge in [-0.2, -0.15) is 0 Å². The van der Waals surface area contributed by atoms with Crippen molar-refractivity contribution in [2.75, 3.05) is 43.4 Å². The highest BCUT2D eigenvalue weighted by molar-refractivity contribution is 6.32. The minimum atomic E-state index is -1.25. The van der Waals surface area contributed by atoms with Crippen LogP contribution in [0.5, 0.6) is 5.75 Å². The molecule has 71 heavy (non-hydrogen) atoms. The molecule has 5 amide bonds. The Morgan fingerprint density at radius 1 is 0.873 bits per heavy atom. The van der Waals surface area contributed by atoms with Crippen LogP contribution in [0.15, 0.2) is 66.9 Å². The molecule has 6 aliphatic rings. The first kappa shape index (κ1) is 49.0. The number of pyridine rings is 1. The lowest BCUT2D eigenvalue weighted by molar-refractivity contribution is -0.140. The van der Waals surface area contributed by atoms with Crippen LogP contribution >= 0.6 is 11.6 Å². The molecule has 4 N–H and O–H groups in total. The average Bonchev–Trinajstić information content (AvgIpc) is 3.64. The van der Waals surface area contributed by atoms with Gasteiger partial charge in [0.15, 0.2) is 6.23 Å². The van der Waals surface area contributed by atoms with Gasteiger partial charge in [-0.05, 0) is 150 Å². The van der Waals surface area contributed by atoms with Crippen molar-refractivity contribution >= 4 is 63.4 Å². The van der Waals surface area contributed by atoms with Gasteiger partial charge in [-0.1, -0.05) is 30.7 Å². The summed E-state index contributed by atoms with van der Waals surface area (Å²) in [7, 11) is 0. The van der Waals surface area contributed by atoms with E-state index in [1.807, 2.05) is 30.0 Å². The highest BCUT2D eigenvalue weighted by Gasteiger charge is 2.46. The third-order valence-electron chi connectivity index (χ3n) is 16.6. The number of carbonyl (C=O) groups is 5. The highest BCUT2D eigenvalue weighted by atomic mass is 35.5. The van der Waals surface area contributed by atoms with E-state index in [9.17, 15) is 33.5 Å². The number of aliphatic hydroxyl groups is 1. The normalized spacial score (nSPS) is 26.2. The summed E-state index contributed by atoms with van der Waals surface area (Å²) in [5, 5.41) is 21.5. The number of piperidine rings is 3. The van der Waals surface area contributed by atoms with Crippen molar-refractivity contribution in [1.29, 1.82) is 0 Å². The maximum atomic E-state index is 14.1. The van der Waals surface area contributed by atoms with Crippen molar-refractivity contribution in [3.05, 3.63) is 94.4 Å². The molecule has 0 bridgehead atoms. The minimum Gasteiger partial charge on any atom is -0.489 e. The molecule has 14 nitrogen and oxygen atoms in total. The summed E-state index contributed by atoms with van der Waals surface area (Å²) in [5.74, 6) is 0.0545. The molecule has 4 aliphatic heterocycles. The molecule has 16 heteroatoms. The number of carbonyl (C=O) groups excluding carboxylic acids is 5. The fourth-order valence-electron chi connectivity index (χ4n) is 12.4. The predicted octanol–water partition coefficient (Wildman–Crippen LogP) is 8.58. The summed E-state index contributed by atoms with van der Waals surface area (Å²) in [6.45, 7) is 6.06. The van der Waals surface area contributed by atoms with Gasteiger partial charge in [0, 0.05) is 91.4 Å². The molecule has 2 aliphatic carbocycles. The molecule has 5 heterocycles. The summed E-state index contributed by atoms with van der Waals surface area (Å²) in [5.41, 5.74) is 4.11. The molecule has 2 saturated carbocycles. The Labute approximate surface area is 419 Å². The maximum Gasteiger partial charge on any atom is 0.259 e. The van der Waals surface area contributed by atoms with Crippen molar-refractivity contribution in [3.63, 3.8) is 0 Å². The Hall–Kier alpha value is -5.64. The number of hydrogen-bond donors (Lipinski definition) is 4. The van der Waals surface area contributed by atoms with Crippen LogP contribution in [-0.2, 0) is 19.2 Å². The largest absolute Gasteiger partial charge is 0.489 e. The number of amides is 5. The first-order chi connectivity index (χ1) is 34.4. The lowest BCUT2D eigenvalue weighted by Crippen LogP contribution is -2.53. The van der Waals surface area contributed by atoms with Gasteiger partial charge in [0.25, 0.3) is 5.91 Å². The second-order valence-electron chi connectivity index (χ2n) is 21.0. The van der Waals surface area contributed by atoms with Crippen molar-refractivity contribution in [2.45, 2.75) is 127 Å². The quantitative estimate of drug-likeness (QED) is 0.101. The number of fused-ring (bicyclic) bond motifs is 2. The van der Waals surface area contributed by atoms with Crippen LogP contribution in [0.1, 0.15) is 130 Å². The fraction of sp³-hybridized carbons (Fsp3) is 0.527. The Balaban J connectivity index is 0.633. The summed E-state index contributed by atoms with van der Waals surface area (Å²) >= 11 is 6.62. The molecule has 3 saturated heterocycles. The SMILES string of the molecule is C[C@@H](C(=O)Nc1ccc(Cl)c(OC2CCN(C(=O)C3CCN(CC4CCC(Nc5cccc6c5C(=O)N(C5CCC(=O)NC5=O)C6O)CC4)CC3)CC2)c1)C1CCC(c2ccnc3ccc(F)cc23)CC1. The van der Waals surface area contributed by atoms with Gasteiger partial charge >= 0.3 is 0 Å². The number of nitrogens with one attached hydrogen (secondary N) is 3. The number of benzene rings is 3. The molecule has 2 unspecified atom stereocenters. The predicted molar refractivity (Wildman–Crippen MR) is 268 cm³/mol. The first-order valence-electron chi connectivity index (χ1n) is 25.9. The minimum absolute atomic E-state index is 0.0169. The number of rotatable bonds is 12. The van der Waals surface area contributed by atoms with Crippen LogP contribution in [0, 0.1) is 29.5 Å².